The van der Waals surface area contributed by atoms with Gasteiger partial charge in [0.25, 0.3) is 5.69 Å². The fourth-order valence-corrected chi connectivity index (χ4v) is 2.06. The Kier molecular flexibility index (Phi) is 4.27. The van der Waals surface area contributed by atoms with E-state index in [4.69, 9.17) is 5.26 Å². The number of nitrogens with zero attached hydrogens (tertiary/aromatic N) is 3. The SMILES string of the molecule is N#Cc1ccc(NCc2cncc(Br)c2)c([N+](=O)[O-])c1. The molecule has 1 aromatic heterocycles. The Bertz CT molecular complexity index is 697. The normalized spacial score (nSPS) is 9.80. The van der Waals surface area contributed by atoms with Gasteiger partial charge in [0.2, 0.25) is 0 Å². The number of hydrogen-bond acceptors (Lipinski definition) is 5. The van der Waals surface area contributed by atoms with E-state index >= 15 is 0 Å². The first kappa shape index (κ1) is 14.0. The lowest BCUT2D eigenvalue weighted by Crippen LogP contribution is -2.03. The molecule has 2 aromatic rings. The molecule has 1 heterocycles. The highest BCUT2D eigenvalue weighted by molar-refractivity contribution is 9.10. The predicted molar refractivity (Wildman–Crippen MR) is 77.1 cm³/mol. The number of benzene rings is 1. The molecule has 0 radical (unpaired) electrons. The molecule has 7 heteroatoms. The summed E-state index contributed by atoms with van der Waals surface area (Å²) in [4.78, 5) is 14.5. The topological polar surface area (TPSA) is 91.8 Å². The van der Waals surface area contributed by atoms with Crippen LogP contribution < -0.4 is 5.32 Å². The lowest BCUT2D eigenvalue weighted by molar-refractivity contribution is -0.384. The Morgan fingerprint density at radius 1 is 1.40 bits per heavy atom. The molecule has 0 fully saturated rings. The molecule has 100 valence electrons. The first-order valence-electron chi connectivity index (χ1n) is 5.62. The lowest BCUT2D eigenvalue weighted by atomic mass is 10.2. The summed E-state index contributed by atoms with van der Waals surface area (Å²) in [5.41, 5.74) is 1.39. The minimum absolute atomic E-state index is 0.119. The molecule has 0 aliphatic rings. The van der Waals surface area contributed by atoms with E-state index in [9.17, 15) is 10.1 Å². The zero-order valence-corrected chi connectivity index (χ0v) is 11.8. The zero-order valence-electron chi connectivity index (χ0n) is 10.2. The summed E-state index contributed by atoms with van der Waals surface area (Å²) in [6.45, 7) is 0.402. The van der Waals surface area contributed by atoms with Crippen LogP contribution in [0.4, 0.5) is 11.4 Å². The number of anilines is 1. The van der Waals surface area contributed by atoms with Gasteiger partial charge < -0.3 is 5.32 Å². The monoisotopic (exact) mass is 332 g/mol. The number of rotatable bonds is 4. The number of nitro groups is 1. The van der Waals surface area contributed by atoms with E-state index in [-0.39, 0.29) is 11.3 Å². The number of nitrogens with one attached hydrogen (secondary N) is 1. The maximum atomic E-state index is 11.0. The number of halogens is 1. The Balaban J connectivity index is 2.21. The number of nitriles is 1. The van der Waals surface area contributed by atoms with E-state index in [1.807, 2.05) is 12.1 Å². The molecule has 0 aliphatic carbocycles. The van der Waals surface area contributed by atoms with Crippen LogP contribution in [0.25, 0.3) is 0 Å². The van der Waals surface area contributed by atoms with E-state index < -0.39 is 4.92 Å². The van der Waals surface area contributed by atoms with Gasteiger partial charge in [0.15, 0.2) is 0 Å². The summed E-state index contributed by atoms with van der Waals surface area (Å²) < 4.78 is 0.839. The summed E-state index contributed by atoms with van der Waals surface area (Å²) in [6.07, 6.45) is 3.33. The van der Waals surface area contributed by atoms with Gasteiger partial charge in [0.1, 0.15) is 5.69 Å². The van der Waals surface area contributed by atoms with Gasteiger partial charge in [0, 0.05) is 29.5 Å². The summed E-state index contributed by atoms with van der Waals surface area (Å²) >= 11 is 3.31. The van der Waals surface area contributed by atoms with Gasteiger partial charge in [-0.25, -0.2) is 0 Å². The van der Waals surface area contributed by atoms with Gasteiger partial charge in [0.05, 0.1) is 16.6 Å². The maximum Gasteiger partial charge on any atom is 0.293 e. The van der Waals surface area contributed by atoms with Crippen molar-refractivity contribution in [3.8, 4) is 6.07 Å². The number of aromatic nitrogens is 1. The highest BCUT2D eigenvalue weighted by atomic mass is 79.9. The van der Waals surface area contributed by atoms with Crippen molar-refractivity contribution in [3.05, 3.63) is 62.4 Å². The molecule has 2 rings (SSSR count). The van der Waals surface area contributed by atoms with Crippen molar-refractivity contribution in [2.45, 2.75) is 6.54 Å². The summed E-state index contributed by atoms with van der Waals surface area (Å²) in [5, 5.41) is 22.7. The second-order valence-corrected chi connectivity index (χ2v) is 4.88. The van der Waals surface area contributed by atoms with E-state index in [1.54, 1.807) is 12.4 Å². The van der Waals surface area contributed by atoms with Crippen molar-refractivity contribution >= 4 is 27.3 Å². The zero-order chi connectivity index (χ0) is 14.5. The third kappa shape index (κ3) is 3.30. The fourth-order valence-electron chi connectivity index (χ4n) is 1.65. The van der Waals surface area contributed by atoms with Crippen LogP contribution in [0.2, 0.25) is 0 Å². The van der Waals surface area contributed by atoms with Crippen LogP contribution in [0.3, 0.4) is 0 Å². The Morgan fingerprint density at radius 2 is 2.20 bits per heavy atom. The number of nitro benzene ring substituents is 1. The van der Waals surface area contributed by atoms with Crippen LogP contribution in [-0.4, -0.2) is 9.91 Å². The first-order chi connectivity index (χ1) is 9.60. The van der Waals surface area contributed by atoms with E-state index in [0.29, 0.717) is 12.2 Å². The molecule has 1 aromatic carbocycles. The number of hydrogen-bond donors (Lipinski definition) is 1. The maximum absolute atomic E-state index is 11.0. The van der Waals surface area contributed by atoms with Crippen molar-refractivity contribution in [3.63, 3.8) is 0 Å². The molecule has 6 nitrogen and oxygen atoms in total. The van der Waals surface area contributed by atoms with Gasteiger partial charge in [-0.05, 0) is 39.7 Å². The molecule has 0 amide bonds. The molecule has 20 heavy (non-hydrogen) atoms. The first-order valence-corrected chi connectivity index (χ1v) is 6.41. The minimum atomic E-state index is -0.512. The molecule has 0 saturated carbocycles. The van der Waals surface area contributed by atoms with Gasteiger partial charge in [-0.1, -0.05) is 0 Å². The van der Waals surface area contributed by atoms with E-state index in [2.05, 4.69) is 26.2 Å². The van der Waals surface area contributed by atoms with Crippen LogP contribution in [0.5, 0.6) is 0 Å². The Hall–Kier alpha value is -2.46. The predicted octanol–water partition coefficient (Wildman–Crippen LogP) is 3.24. The fraction of sp³-hybridized carbons (Fsp3) is 0.0769. The van der Waals surface area contributed by atoms with Crippen molar-refractivity contribution in [1.29, 1.82) is 5.26 Å². The third-order valence-corrected chi connectivity index (χ3v) is 3.00. The standard InChI is InChI=1S/C13H9BrN4O2/c14-11-3-10(6-16-8-11)7-17-12-2-1-9(5-15)4-13(12)18(19)20/h1-4,6,8,17H,7H2. The van der Waals surface area contributed by atoms with Crippen LogP contribution in [-0.2, 0) is 6.54 Å². The molecule has 0 unspecified atom stereocenters. The molecule has 0 spiro atoms. The largest absolute Gasteiger partial charge is 0.375 e. The van der Waals surface area contributed by atoms with Gasteiger partial charge in [-0.2, -0.15) is 5.26 Å². The minimum Gasteiger partial charge on any atom is -0.375 e. The average Bonchev–Trinajstić information content (AvgIpc) is 2.45. The van der Waals surface area contributed by atoms with Crippen molar-refractivity contribution in [2.24, 2.45) is 0 Å². The van der Waals surface area contributed by atoms with Crippen molar-refractivity contribution < 1.29 is 4.92 Å². The van der Waals surface area contributed by atoms with Gasteiger partial charge in [-0.3, -0.25) is 15.1 Å². The van der Waals surface area contributed by atoms with Gasteiger partial charge in [-0.15, -0.1) is 0 Å². The molecule has 0 bridgehead atoms. The van der Waals surface area contributed by atoms with Crippen LogP contribution in [0.1, 0.15) is 11.1 Å². The second kappa shape index (κ2) is 6.12. The van der Waals surface area contributed by atoms with Crippen LogP contribution in [0.15, 0.2) is 41.1 Å². The van der Waals surface area contributed by atoms with Crippen LogP contribution >= 0.6 is 15.9 Å². The molecule has 1 N–H and O–H groups in total. The second-order valence-electron chi connectivity index (χ2n) is 3.97. The third-order valence-electron chi connectivity index (χ3n) is 2.57. The summed E-state index contributed by atoms with van der Waals surface area (Å²) in [7, 11) is 0. The Morgan fingerprint density at radius 3 is 2.85 bits per heavy atom. The molecular formula is C13H9BrN4O2. The van der Waals surface area contributed by atoms with E-state index in [0.717, 1.165) is 10.0 Å². The van der Waals surface area contributed by atoms with Crippen molar-refractivity contribution in [1.82, 2.24) is 4.98 Å². The van der Waals surface area contributed by atoms with Crippen LogP contribution in [0, 0.1) is 21.4 Å². The molecular weight excluding hydrogens is 324 g/mol. The Labute approximate surface area is 123 Å². The number of pyridine rings is 1. The highest BCUT2D eigenvalue weighted by Crippen LogP contribution is 2.26. The van der Waals surface area contributed by atoms with Crippen molar-refractivity contribution in [2.75, 3.05) is 5.32 Å². The van der Waals surface area contributed by atoms with E-state index in [1.165, 1.54) is 18.2 Å². The summed E-state index contributed by atoms with van der Waals surface area (Å²) in [6, 6.07) is 8.07. The molecule has 0 atom stereocenters. The lowest BCUT2D eigenvalue weighted by Gasteiger charge is -2.07. The average molecular weight is 333 g/mol. The molecule has 0 aliphatic heterocycles. The summed E-state index contributed by atoms with van der Waals surface area (Å²) in [5.74, 6) is 0. The molecule has 0 saturated heterocycles. The quantitative estimate of drug-likeness (QED) is 0.685. The van der Waals surface area contributed by atoms with Gasteiger partial charge >= 0.3 is 0 Å². The highest BCUT2D eigenvalue weighted by Gasteiger charge is 2.14. The smallest absolute Gasteiger partial charge is 0.293 e.